The van der Waals surface area contributed by atoms with Gasteiger partial charge >= 0.3 is 5.97 Å². The van der Waals surface area contributed by atoms with E-state index in [1.807, 2.05) is 6.07 Å². The van der Waals surface area contributed by atoms with Gasteiger partial charge in [-0.2, -0.15) is 0 Å². The van der Waals surface area contributed by atoms with Crippen molar-refractivity contribution in [2.45, 2.75) is 25.8 Å². The summed E-state index contributed by atoms with van der Waals surface area (Å²) in [4.78, 5) is 20.1. The monoisotopic (exact) mass is 275 g/mol. The fourth-order valence-corrected chi connectivity index (χ4v) is 2.00. The van der Waals surface area contributed by atoms with E-state index in [1.165, 1.54) is 19.4 Å². The molecule has 2 heterocycles. The molecule has 0 atom stereocenters. The summed E-state index contributed by atoms with van der Waals surface area (Å²) in [5, 5.41) is 7.47. The first-order chi connectivity index (χ1) is 9.52. The van der Waals surface area contributed by atoms with Crippen LogP contribution in [0.5, 0.6) is 0 Å². The van der Waals surface area contributed by atoms with Gasteiger partial charge in [0.25, 0.3) is 0 Å². The van der Waals surface area contributed by atoms with Crippen LogP contribution in [0.2, 0.25) is 0 Å². The number of oxime groups is 1. The molecule has 0 fully saturated rings. The Labute approximate surface area is 117 Å². The number of rotatable bonds is 3. The zero-order valence-electron chi connectivity index (χ0n) is 11.7. The maximum atomic E-state index is 10.9. The smallest absolute Gasteiger partial charge is 0.333 e. The first kappa shape index (κ1) is 14.0. The van der Waals surface area contributed by atoms with Gasteiger partial charge in [-0.25, -0.2) is 4.79 Å². The highest BCUT2D eigenvalue weighted by atomic mass is 16.6. The second-order valence-corrected chi connectivity index (χ2v) is 5.08. The molecule has 6 nitrogen and oxygen atoms in total. The minimum Gasteiger partial charge on any atom is -0.466 e. The molecule has 0 aliphatic carbocycles. The molecule has 1 aliphatic heterocycles. The molecule has 1 aromatic heterocycles. The minimum atomic E-state index is -0.486. The van der Waals surface area contributed by atoms with Gasteiger partial charge < -0.3 is 14.9 Å². The Morgan fingerprint density at radius 1 is 1.55 bits per heavy atom. The Morgan fingerprint density at radius 3 is 3.10 bits per heavy atom. The highest BCUT2D eigenvalue weighted by molar-refractivity contribution is 6.07. The van der Waals surface area contributed by atoms with E-state index in [0.717, 1.165) is 17.0 Å². The van der Waals surface area contributed by atoms with E-state index >= 15 is 0 Å². The van der Waals surface area contributed by atoms with Crippen molar-refractivity contribution in [2.75, 3.05) is 12.4 Å². The number of pyridine rings is 1. The Morgan fingerprint density at radius 2 is 2.35 bits per heavy atom. The predicted octanol–water partition coefficient (Wildman–Crippen LogP) is 2.08. The fourth-order valence-electron chi connectivity index (χ4n) is 2.00. The van der Waals surface area contributed by atoms with Crippen molar-refractivity contribution in [3.63, 3.8) is 0 Å². The third-order valence-electron chi connectivity index (χ3n) is 2.84. The molecule has 106 valence electrons. The summed E-state index contributed by atoms with van der Waals surface area (Å²) in [5.74, 6) is -0.486. The number of anilines is 1. The Hall–Kier alpha value is -2.37. The van der Waals surface area contributed by atoms with Crippen LogP contribution in [-0.2, 0) is 14.4 Å². The molecule has 1 aliphatic rings. The quantitative estimate of drug-likeness (QED) is 0.396. The van der Waals surface area contributed by atoms with Gasteiger partial charge in [0.1, 0.15) is 6.26 Å². The van der Waals surface area contributed by atoms with Crippen LogP contribution in [-0.4, -0.2) is 29.3 Å². The standard InChI is InChI=1S/C14H17N3O3/c1-14(2)8-11(17-20-7-5-13(18)19-3)10-4-6-15-9-12(10)16-14/h4-7,9,16H,8H2,1-3H3/b7-5+,17-11+. The number of esters is 1. The number of hydrogen-bond donors (Lipinski definition) is 1. The molecule has 2 rings (SSSR count). The molecule has 0 aromatic carbocycles. The molecule has 0 spiro atoms. The number of fused-ring (bicyclic) bond motifs is 1. The molecule has 6 heteroatoms. The van der Waals surface area contributed by atoms with Crippen molar-refractivity contribution in [2.24, 2.45) is 5.16 Å². The Bertz CT molecular complexity index is 565. The highest BCUT2D eigenvalue weighted by Crippen LogP contribution is 2.30. The SMILES string of the molecule is COC(=O)/C=C/O/N=C1\CC(C)(C)Nc2cnccc21. The molecule has 0 radical (unpaired) electrons. The van der Waals surface area contributed by atoms with Gasteiger partial charge in [0.2, 0.25) is 0 Å². The van der Waals surface area contributed by atoms with Crippen molar-refractivity contribution >= 4 is 17.4 Å². The molecule has 0 bridgehead atoms. The summed E-state index contributed by atoms with van der Waals surface area (Å²) in [7, 11) is 1.30. The summed E-state index contributed by atoms with van der Waals surface area (Å²) in [6.07, 6.45) is 6.54. The largest absolute Gasteiger partial charge is 0.466 e. The summed E-state index contributed by atoms with van der Waals surface area (Å²) >= 11 is 0. The van der Waals surface area contributed by atoms with Gasteiger partial charge in [0.15, 0.2) is 0 Å². The average molecular weight is 275 g/mol. The zero-order chi connectivity index (χ0) is 14.6. The predicted molar refractivity (Wildman–Crippen MR) is 75.3 cm³/mol. The number of carbonyl (C=O) groups is 1. The van der Waals surface area contributed by atoms with E-state index in [-0.39, 0.29) is 5.54 Å². The van der Waals surface area contributed by atoms with Crippen LogP contribution in [0.4, 0.5) is 5.69 Å². The van der Waals surface area contributed by atoms with Gasteiger partial charge in [0, 0.05) is 23.7 Å². The average Bonchev–Trinajstić information content (AvgIpc) is 2.41. The number of carbonyl (C=O) groups excluding carboxylic acids is 1. The van der Waals surface area contributed by atoms with Crippen molar-refractivity contribution in [1.82, 2.24) is 4.98 Å². The maximum absolute atomic E-state index is 10.9. The van der Waals surface area contributed by atoms with E-state index in [4.69, 9.17) is 4.84 Å². The number of aromatic nitrogens is 1. The minimum absolute atomic E-state index is 0.135. The number of hydrogen-bond acceptors (Lipinski definition) is 6. The lowest BCUT2D eigenvalue weighted by molar-refractivity contribution is -0.135. The van der Waals surface area contributed by atoms with Crippen LogP contribution in [0, 0.1) is 0 Å². The lowest BCUT2D eigenvalue weighted by atomic mass is 9.89. The summed E-state index contributed by atoms with van der Waals surface area (Å²) in [5.41, 5.74) is 2.54. The van der Waals surface area contributed by atoms with Crippen LogP contribution in [0.25, 0.3) is 0 Å². The molecule has 0 saturated heterocycles. The van der Waals surface area contributed by atoms with Crippen LogP contribution in [0.3, 0.4) is 0 Å². The van der Waals surface area contributed by atoms with Gasteiger partial charge in [0.05, 0.1) is 30.8 Å². The highest BCUT2D eigenvalue weighted by Gasteiger charge is 2.29. The topological polar surface area (TPSA) is 72.8 Å². The van der Waals surface area contributed by atoms with E-state index in [1.54, 1.807) is 12.4 Å². The lowest BCUT2D eigenvalue weighted by Gasteiger charge is -2.33. The molecule has 0 amide bonds. The normalized spacial score (nSPS) is 18.4. The summed E-state index contributed by atoms with van der Waals surface area (Å²) in [6.45, 7) is 4.14. The third-order valence-corrected chi connectivity index (χ3v) is 2.84. The maximum Gasteiger partial charge on any atom is 0.333 e. The third kappa shape index (κ3) is 3.34. The Balaban J connectivity index is 2.18. The van der Waals surface area contributed by atoms with Gasteiger partial charge in [-0.05, 0) is 19.9 Å². The van der Waals surface area contributed by atoms with E-state index in [0.29, 0.717) is 6.42 Å². The molecule has 20 heavy (non-hydrogen) atoms. The summed E-state index contributed by atoms with van der Waals surface area (Å²) < 4.78 is 4.46. The molecule has 1 N–H and O–H groups in total. The number of nitrogens with one attached hydrogen (secondary N) is 1. The first-order valence-corrected chi connectivity index (χ1v) is 6.21. The van der Waals surface area contributed by atoms with Crippen molar-refractivity contribution in [1.29, 1.82) is 0 Å². The molecular weight excluding hydrogens is 258 g/mol. The van der Waals surface area contributed by atoms with Crippen molar-refractivity contribution < 1.29 is 14.4 Å². The van der Waals surface area contributed by atoms with E-state index < -0.39 is 5.97 Å². The molecule has 0 saturated carbocycles. The van der Waals surface area contributed by atoms with Crippen LogP contribution in [0.15, 0.2) is 36.0 Å². The van der Waals surface area contributed by atoms with Crippen molar-refractivity contribution in [3.8, 4) is 0 Å². The summed E-state index contributed by atoms with van der Waals surface area (Å²) in [6, 6.07) is 1.88. The number of methoxy groups -OCH3 is 1. The fraction of sp³-hybridized carbons (Fsp3) is 0.357. The second kappa shape index (κ2) is 5.73. The Kier molecular flexibility index (Phi) is 4.02. The number of ether oxygens (including phenoxy) is 1. The van der Waals surface area contributed by atoms with Gasteiger partial charge in [-0.3, -0.25) is 4.98 Å². The second-order valence-electron chi connectivity index (χ2n) is 5.08. The molecule has 1 aromatic rings. The van der Waals surface area contributed by atoms with E-state index in [9.17, 15) is 4.79 Å². The van der Waals surface area contributed by atoms with Crippen LogP contribution in [0.1, 0.15) is 25.8 Å². The number of nitrogens with zero attached hydrogens (tertiary/aromatic N) is 2. The van der Waals surface area contributed by atoms with Crippen molar-refractivity contribution in [3.05, 3.63) is 36.4 Å². The van der Waals surface area contributed by atoms with Gasteiger partial charge in [-0.15, -0.1) is 0 Å². The zero-order valence-corrected chi connectivity index (χ0v) is 11.7. The first-order valence-electron chi connectivity index (χ1n) is 6.21. The van der Waals surface area contributed by atoms with Crippen LogP contribution < -0.4 is 5.32 Å². The van der Waals surface area contributed by atoms with Crippen LogP contribution >= 0.6 is 0 Å². The van der Waals surface area contributed by atoms with Gasteiger partial charge in [-0.1, -0.05) is 5.16 Å². The van der Waals surface area contributed by atoms with E-state index in [2.05, 4.69) is 34.0 Å². The molecule has 0 unspecified atom stereocenters. The molecular formula is C14H17N3O3. The lowest BCUT2D eigenvalue weighted by Crippen LogP contribution is -2.38.